The highest BCUT2D eigenvalue weighted by molar-refractivity contribution is 5.93. The summed E-state index contributed by atoms with van der Waals surface area (Å²) in [6.07, 6.45) is 0. The molecule has 0 saturated carbocycles. The van der Waals surface area contributed by atoms with E-state index in [1.165, 1.54) is 0 Å². The fraction of sp³-hybridized carbons (Fsp3) is 0.467. The average Bonchev–Trinajstić information content (AvgIpc) is 2.52. The van der Waals surface area contributed by atoms with Crippen molar-refractivity contribution in [2.24, 2.45) is 0 Å². The lowest BCUT2D eigenvalue weighted by molar-refractivity contribution is -0.122. The maximum Gasteiger partial charge on any atom is 0.251 e. The van der Waals surface area contributed by atoms with Gasteiger partial charge in [-0.2, -0.15) is 0 Å². The summed E-state index contributed by atoms with van der Waals surface area (Å²) < 4.78 is 4.87. The lowest BCUT2D eigenvalue weighted by Gasteiger charge is -2.14. The van der Waals surface area contributed by atoms with Gasteiger partial charge in [-0.3, -0.25) is 9.59 Å². The van der Waals surface area contributed by atoms with E-state index in [1.807, 2.05) is 12.1 Å². The molecule has 2 amide bonds. The molecule has 1 unspecified atom stereocenters. The summed E-state index contributed by atoms with van der Waals surface area (Å²) in [5.74, 6) is -0.172. The number of amides is 2. The molecule has 0 aromatic heterocycles. The van der Waals surface area contributed by atoms with Crippen LogP contribution in [0.15, 0.2) is 24.3 Å². The Labute approximate surface area is 125 Å². The highest BCUT2D eigenvalue weighted by Gasteiger charge is 2.11. The fourth-order valence-electron chi connectivity index (χ4n) is 1.71. The quantitative estimate of drug-likeness (QED) is 0.602. The monoisotopic (exact) mass is 293 g/mol. The minimum Gasteiger partial charge on any atom is -0.383 e. The number of nitrogens with one attached hydrogen (secondary N) is 3. The summed E-state index contributed by atoms with van der Waals surface area (Å²) in [7, 11) is 3.19. The molecule has 0 fully saturated rings. The first-order valence-electron chi connectivity index (χ1n) is 6.89. The van der Waals surface area contributed by atoms with Gasteiger partial charge in [-0.25, -0.2) is 0 Å². The first kappa shape index (κ1) is 17.1. The van der Waals surface area contributed by atoms with Gasteiger partial charge >= 0.3 is 0 Å². The number of carbonyl (C=O) groups is 2. The molecule has 6 heteroatoms. The van der Waals surface area contributed by atoms with Crippen LogP contribution in [0.2, 0.25) is 0 Å². The largest absolute Gasteiger partial charge is 0.383 e. The molecule has 1 aromatic rings. The van der Waals surface area contributed by atoms with Gasteiger partial charge in [0.1, 0.15) is 0 Å². The molecular weight excluding hydrogens is 270 g/mol. The van der Waals surface area contributed by atoms with Crippen LogP contribution in [0.3, 0.4) is 0 Å². The number of methoxy groups -OCH3 is 1. The molecule has 1 aromatic carbocycles. The second-order valence-electron chi connectivity index (χ2n) is 4.66. The standard InChI is InChI=1S/C15H23N3O3/c1-11(14(19)17-8-9-21-3)18-10-12-4-6-13(7-5-12)15(20)16-2/h4-7,11,18H,8-10H2,1-3H3,(H,16,20)(H,17,19). The van der Waals surface area contributed by atoms with Crippen LogP contribution in [-0.4, -0.2) is 45.2 Å². The number of carbonyl (C=O) groups excluding carboxylic acids is 2. The Balaban J connectivity index is 2.40. The van der Waals surface area contributed by atoms with Crippen LogP contribution < -0.4 is 16.0 Å². The second kappa shape index (κ2) is 9.10. The number of hydrogen-bond donors (Lipinski definition) is 3. The Hall–Kier alpha value is -1.92. The zero-order chi connectivity index (χ0) is 15.7. The second-order valence-corrected chi connectivity index (χ2v) is 4.66. The highest BCUT2D eigenvalue weighted by atomic mass is 16.5. The minimum absolute atomic E-state index is 0.0611. The van der Waals surface area contributed by atoms with Crippen LogP contribution in [0.4, 0.5) is 0 Å². The zero-order valence-electron chi connectivity index (χ0n) is 12.7. The first-order valence-corrected chi connectivity index (χ1v) is 6.89. The third-order valence-electron chi connectivity index (χ3n) is 3.05. The summed E-state index contributed by atoms with van der Waals surface area (Å²) in [5, 5.41) is 8.48. The molecule has 3 N–H and O–H groups in total. The van der Waals surface area contributed by atoms with Crippen LogP contribution in [0.5, 0.6) is 0 Å². The average molecular weight is 293 g/mol. The van der Waals surface area contributed by atoms with Gasteiger partial charge in [0.15, 0.2) is 0 Å². The maximum absolute atomic E-state index is 11.7. The molecule has 0 aliphatic carbocycles. The lowest BCUT2D eigenvalue weighted by Crippen LogP contribution is -2.42. The van der Waals surface area contributed by atoms with Crippen molar-refractivity contribution in [1.29, 1.82) is 0 Å². The molecule has 21 heavy (non-hydrogen) atoms. The first-order chi connectivity index (χ1) is 10.1. The number of hydrogen-bond acceptors (Lipinski definition) is 4. The number of rotatable bonds is 8. The third kappa shape index (κ3) is 5.93. The number of ether oxygens (including phenoxy) is 1. The van der Waals surface area contributed by atoms with Gasteiger partial charge < -0.3 is 20.7 Å². The smallest absolute Gasteiger partial charge is 0.251 e. The van der Waals surface area contributed by atoms with E-state index in [2.05, 4.69) is 16.0 Å². The summed E-state index contributed by atoms with van der Waals surface area (Å²) in [6.45, 7) is 3.37. The van der Waals surface area contributed by atoms with Gasteiger partial charge in [0.2, 0.25) is 5.91 Å². The molecule has 1 atom stereocenters. The van der Waals surface area contributed by atoms with E-state index in [4.69, 9.17) is 4.74 Å². The van der Waals surface area contributed by atoms with E-state index in [-0.39, 0.29) is 17.9 Å². The molecule has 0 bridgehead atoms. The normalized spacial score (nSPS) is 11.8. The molecule has 0 aliphatic heterocycles. The Morgan fingerprint density at radius 1 is 1.24 bits per heavy atom. The fourth-order valence-corrected chi connectivity index (χ4v) is 1.71. The Bertz CT molecular complexity index is 460. The van der Waals surface area contributed by atoms with Gasteiger partial charge in [0.05, 0.1) is 12.6 Å². The van der Waals surface area contributed by atoms with E-state index in [0.717, 1.165) is 5.56 Å². The van der Waals surface area contributed by atoms with E-state index in [1.54, 1.807) is 33.2 Å². The van der Waals surface area contributed by atoms with Gasteiger partial charge in [-0.05, 0) is 24.6 Å². The van der Waals surface area contributed by atoms with Gasteiger partial charge in [0, 0.05) is 32.8 Å². The van der Waals surface area contributed by atoms with Crippen molar-refractivity contribution < 1.29 is 14.3 Å². The van der Waals surface area contributed by atoms with Gasteiger partial charge in [0.25, 0.3) is 5.91 Å². The Morgan fingerprint density at radius 3 is 2.48 bits per heavy atom. The summed E-state index contributed by atoms with van der Waals surface area (Å²) in [5.41, 5.74) is 1.63. The molecule has 6 nitrogen and oxygen atoms in total. The van der Waals surface area contributed by atoms with Crippen molar-refractivity contribution in [1.82, 2.24) is 16.0 Å². The van der Waals surface area contributed by atoms with Crippen LogP contribution in [0.1, 0.15) is 22.8 Å². The summed E-state index contributed by atoms with van der Waals surface area (Å²) in [6, 6.07) is 6.97. The number of benzene rings is 1. The molecule has 1 rings (SSSR count). The zero-order valence-corrected chi connectivity index (χ0v) is 12.7. The van der Waals surface area contributed by atoms with Crippen LogP contribution in [0.25, 0.3) is 0 Å². The van der Waals surface area contributed by atoms with Crippen LogP contribution in [0, 0.1) is 0 Å². The molecule has 0 spiro atoms. The van der Waals surface area contributed by atoms with Gasteiger partial charge in [-0.15, -0.1) is 0 Å². The lowest BCUT2D eigenvalue weighted by atomic mass is 10.1. The maximum atomic E-state index is 11.7. The van der Waals surface area contributed by atoms with Crippen molar-refractivity contribution >= 4 is 11.8 Å². The van der Waals surface area contributed by atoms with Crippen molar-refractivity contribution in [3.8, 4) is 0 Å². The van der Waals surface area contributed by atoms with E-state index >= 15 is 0 Å². The SMILES string of the molecule is CNC(=O)c1ccc(CNC(C)C(=O)NCCOC)cc1. The van der Waals surface area contributed by atoms with Crippen LogP contribution >= 0.6 is 0 Å². The van der Waals surface area contributed by atoms with Crippen molar-refractivity contribution in [3.63, 3.8) is 0 Å². The van der Waals surface area contributed by atoms with Crippen molar-refractivity contribution in [2.45, 2.75) is 19.5 Å². The molecule has 116 valence electrons. The highest BCUT2D eigenvalue weighted by Crippen LogP contribution is 2.04. The van der Waals surface area contributed by atoms with E-state index < -0.39 is 0 Å². The van der Waals surface area contributed by atoms with Crippen LogP contribution in [-0.2, 0) is 16.1 Å². The predicted octanol–water partition coefficient (Wildman–Crippen LogP) is 0.287. The molecule has 0 saturated heterocycles. The third-order valence-corrected chi connectivity index (χ3v) is 3.05. The molecular formula is C15H23N3O3. The van der Waals surface area contributed by atoms with E-state index in [9.17, 15) is 9.59 Å². The van der Waals surface area contributed by atoms with Crippen molar-refractivity contribution in [3.05, 3.63) is 35.4 Å². The Morgan fingerprint density at radius 2 is 1.90 bits per heavy atom. The predicted molar refractivity (Wildman–Crippen MR) is 81.0 cm³/mol. The summed E-state index contributed by atoms with van der Waals surface area (Å²) >= 11 is 0. The van der Waals surface area contributed by atoms with Crippen molar-refractivity contribution in [2.75, 3.05) is 27.3 Å². The Kier molecular flexibility index (Phi) is 7.42. The molecule has 0 heterocycles. The molecule has 0 radical (unpaired) electrons. The van der Waals surface area contributed by atoms with E-state index in [0.29, 0.717) is 25.3 Å². The molecule has 0 aliphatic rings. The minimum atomic E-state index is -0.291. The topological polar surface area (TPSA) is 79.5 Å². The summed E-state index contributed by atoms with van der Waals surface area (Å²) in [4.78, 5) is 23.2. The van der Waals surface area contributed by atoms with Gasteiger partial charge in [-0.1, -0.05) is 12.1 Å².